The second-order valence-electron chi connectivity index (χ2n) is 6.73. The van der Waals surface area contributed by atoms with Crippen molar-refractivity contribution in [2.45, 2.75) is 38.6 Å². The van der Waals surface area contributed by atoms with Crippen molar-refractivity contribution in [2.24, 2.45) is 0 Å². The summed E-state index contributed by atoms with van der Waals surface area (Å²) < 4.78 is 0. The van der Waals surface area contributed by atoms with Gasteiger partial charge in [0.15, 0.2) is 0 Å². The number of carbonyl (C=O) groups is 2. The average Bonchev–Trinajstić information content (AvgIpc) is 3.15. The normalized spacial score (nSPS) is 17.3. The van der Waals surface area contributed by atoms with Gasteiger partial charge >= 0.3 is 0 Å². The minimum Gasteiger partial charge on any atom is -0.368 e. The summed E-state index contributed by atoms with van der Waals surface area (Å²) in [6, 6.07) is 5.27. The number of thiophene rings is 1. The largest absolute Gasteiger partial charge is 0.368 e. The SMILES string of the molecule is CC(C)c1cc(C(=O)NC2CCCN(C(=O)c3cccs3)C2)nc(N)n1. The summed E-state index contributed by atoms with van der Waals surface area (Å²) in [5.41, 5.74) is 6.73. The number of likely N-dealkylation sites (tertiary alicyclic amines) is 1. The topological polar surface area (TPSA) is 101 Å². The maximum Gasteiger partial charge on any atom is 0.270 e. The van der Waals surface area contributed by atoms with Gasteiger partial charge in [0, 0.05) is 24.8 Å². The number of nitrogen functional groups attached to an aromatic ring is 1. The van der Waals surface area contributed by atoms with Crippen LogP contribution in [0.2, 0.25) is 0 Å². The van der Waals surface area contributed by atoms with Crippen LogP contribution in [0.25, 0.3) is 0 Å². The Hall–Kier alpha value is -2.48. The standard InChI is InChI=1S/C18H23N5O2S/c1-11(2)13-9-14(22-18(19)21-13)16(24)20-12-5-3-7-23(10-12)17(25)15-6-4-8-26-15/h4,6,8-9,11-12H,3,5,7,10H2,1-2H3,(H,20,24)(H2,19,21,22). The Morgan fingerprint density at radius 1 is 1.38 bits per heavy atom. The third kappa shape index (κ3) is 4.19. The van der Waals surface area contributed by atoms with Crippen molar-refractivity contribution in [3.8, 4) is 0 Å². The van der Waals surface area contributed by atoms with Crippen LogP contribution >= 0.6 is 11.3 Å². The van der Waals surface area contributed by atoms with E-state index in [4.69, 9.17) is 5.73 Å². The summed E-state index contributed by atoms with van der Waals surface area (Å²) in [4.78, 5) is 35.8. The maximum atomic E-state index is 12.6. The number of nitrogens with two attached hydrogens (primary N) is 1. The minimum absolute atomic E-state index is 0.0207. The van der Waals surface area contributed by atoms with E-state index in [9.17, 15) is 9.59 Å². The van der Waals surface area contributed by atoms with Crippen LogP contribution in [0.1, 0.15) is 58.5 Å². The van der Waals surface area contributed by atoms with Crippen LogP contribution in [0.4, 0.5) is 5.95 Å². The lowest BCUT2D eigenvalue weighted by molar-refractivity contribution is 0.0679. The maximum absolute atomic E-state index is 12.6. The van der Waals surface area contributed by atoms with E-state index in [1.165, 1.54) is 11.3 Å². The van der Waals surface area contributed by atoms with Gasteiger partial charge in [0.2, 0.25) is 5.95 Å². The number of hydrogen-bond donors (Lipinski definition) is 2. The smallest absolute Gasteiger partial charge is 0.270 e. The predicted octanol–water partition coefficient (Wildman–Crippen LogP) is 2.28. The van der Waals surface area contributed by atoms with Gasteiger partial charge in [-0.25, -0.2) is 9.97 Å². The number of piperidine rings is 1. The van der Waals surface area contributed by atoms with E-state index in [1.54, 1.807) is 11.0 Å². The van der Waals surface area contributed by atoms with Crippen molar-refractivity contribution in [3.05, 3.63) is 39.8 Å². The van der Waals surface area contributed by atoms with Gasteiger partial charge < -0.3 is 16.0 Å². The Morgan fingerprint density at radius 2 is 2.19 bits per heavy atom. The summed E-state index contributed by atoms with van der Waals surface area (Å²) in [6.07, 6.45) is 1.68. The molecular weight excluding hydrogens is 350 g/mol. The fraction of sp³-hybridized carbons (Fsp3) is 0.444. The van der Waals surface area contributed by atoms with Gasteiger partial charge in [0.1, 0.15) is 5.69 Å². The van der Waals surface area contributed by atoms with E-state index in [0.717, 1.165) is 23.4 Å². The molecule has 0 radical (unpaired) electrons. The van der Waals surface area contributed by atoms with Crippen molar-refractivity contribution in [1.29, 1.82) is 0 Å². The molecule has 1 atom stereocenters. The van der Waals surface area contributed by atoms with E-state index < -0.39 is 0 Å². The summed E-state index contributed by atoms with van der Waals surface area (Å²) in [5.74, 6) is -0.0105. The predicted molar refractivity (Wildman–Crippen MR) is 101 cm³/mol. The Kier molecular flexibility index (Phi) is 5.51. The Morgan fingerprint density at radius 3 is 2.88 bits per heavy atom. The van der Waals surface area contributed by atoms with Crippen molar-refractivity contribution in [2.75, 3.05) is 18.8 Å². The van der Waals surface area contributed by atoms with Gasteiger partial charge in [-0.2, -0.15) is 0 Å². The van der Waals surface area contributed by atoms with Crippen LogP contribution in [0.3, 0.4) is 0 Å². The first-order valence-corrected chi connectivity index (χ1v) is 9.60. The molecule has 0 bridgehead atoms. The van der Waals surface area contributed by atoms with Gasteiger partial charge in [-0.05, 0) is 36.3 Å². The van der Waals surface area contributed by atoms with E-state index in [-0.39, 0.29) is 35.4 Å². The lowest BCUT2D eigenvalue weighted by Gasteiger charge is -2.32. The molecule has 2 aromatic heterocycles. The van der Waals surface area contributed by atoms with Crippen LogP contribution in [0.15, 0.2) is 23.6 Å². The number of anilines is 1. The molecule has 26 heavy (non-hydrogen) atoms. The fourth-order valence-corrected chi connectivity index (χ4v) is 3.68. The molecule has 3 N–H and O–H groups in total. The number of hydrogen-bond acceptors (Lipinski definition) is 6. The number of carbonyl (C=O) groups excluding carboxylic acids is 2. The summed E-state index contributed by atoms with van der Waals surface area (Å²) in [5, 5.41) is 4.87. The molecular formula is C18H23N5O2S. The van der Waals surface area contributed by atoms with Crippen molar-refractivity contribution in [3.63, 3.8) is 0 Å². The number of aromatic nitrogens is 2. The number of nitrogens with one attached hydrogen (secondary N) is 1. The van der Waals surface area contributed by atoms with E-state index in [1.807, 2.05) is 31.4 Å². The molecule has 0 aromatic carbocycles. The third-order valence-electron chi connectivity index (χ3n) is 4.36. The molecule has 3 rings (SSSR count). The second-order valence-corrected chi connectivity index (χ2v) is 7.68. The van der Waals surface area contributed by atoms with Crippen molar-refractivity contribution < 1.29 is 9.59 Å². The summed E-state index contributed by atoms with van der Waals surface area (Å²) >= 11 is 1.43. The molecule has 2 aromatic rings. The van der Waals surface area contributed by atoms with Gasteiger partial charge in [-0.3, -0.25) is 9.59 Å². The molecule has 1 aliphatic heterocycles. The van der Waals surface area contributed by atoms with Crippen LogP contribution in [0.5, 0.6) is 0 Å². The van der Waals surface area contributed by atoms with E-state index in [0.29, 0.717) is 13.1 Å². The highest BCUT2D eigenvalue weighted by molar-refractivity contribution is 7.12. The Bertz CT molecular complexity index is 791. The molecule has 0 aliphatic carbocycles. The number of rotatable bonds is 4. The Labute approximate surface area is 156 Å². The van der Waals surface area contributed by atoms with E-state index >= 15 is 0 Å². The van der Waals surface area contributed by atoms with Crippen molar-refractivity contribution >= 4 is 29.1 Å². The highest BCUT2D eigenvalue weighted by Gasteiger charge is 2.26. The molecule has 1 saturated heterocycles. The highest BCUT2D eigenvalue weighted by atomic mass is 32.1. The van der Waals surface area contributed by atoms with Crippen LogP contribution < -0.4 is 11.1 Å². The van der Waals surface area contributed by atoms with Gasteiger partial charge in [-0.1, -0.05) is 19.9 Å². The first-order chi connectivity index (χ1) is 12.4. The molecule has 1 aliphatic rings. The zero-order chi connectivity index (χ0) is 18.7. The molecule has 1 unspecified atom stereocenters. The molecule has 8 heteroatoms. The van der Waals surface area contributed by atoms with Crippen LogP contribution in [0, 0.1) is 0 Å². The average molecular weight is 373 g/mol. The van der Waals surface area contributed by atoms with Crippen LogP contribution in [-0.4, -0.2) is 45.8 Å². The van der Waals surface area contributed by atoms with Gasteiger partial charge in [0.25, 0.3) is 11.8 Å². The van der Waals surface area contributed by atoms with E-state index in [2.05, 4.69) is 15.3 Å². The molecule has 7 nitrogen and oxygen atoms in total. The summed E-state index contributed by atoms with van der Waals surface area (Å²) in [7, 11) is 0. The number of nitrogens with zero attached hydrogens (tertiary/aromatic N) is 3. The molecule has 2 amide bonds. The zero-order valence-corrected chi connectivity index (χ0v) is 15.8. The minimum atomic E-state index is -0.281. The lowest BCUT2D eigenvalue weighted by Crippen LogP contribution is -2.49. The fourth-order valence-electron chi connectivity index (χ4n) is 2.99. The highest BCUT2D eigenvalue weighted by Crippen LogP contribution is 2.18. The summed E-state index contributed by atoms with van der Waals surface area (Å²) in [6.45, 7) is 5.18. The van der Waals surface area contributed by atoms with Gasteiger partial charge in [-0.15, -0.1) is 11.3 Å². The Balaban J connectivity index is 1.67. The zero-order valence-electron chi connectivity index (χ0n) is 14.9. The number of amides is 2. The molecule has 1 fully saturated rings. The molecule has 0 spiro atoms. The first-order valence-electron chi connectivity index (χ1n) is 8.72. The second kappa shape index (κ2) is 7.82. The lowest BCUT2D eigenvalue weighted by atomic mass is 10.0. The van der Waals surface area contributed by atoms with Crippen LogP contribution in [-0.2, 0) is 0 Å². The molecule has 138 valence electrons. The first kappa shape index (κ1) is 18.3. The quantitative estimate of drug-likeness (QED) is 0.856. The monoisotopic (exact) mass is 373 g/mol. The van der Waals surface area contributed by atoms with Crippen molar-refractivity contribution in [1.82, 2.24) is 20.2 Å². The van der Waals surface area contributed by atoms with Gasteiger partial charge in [0.05, 0.1) is 4.88 Å². The third-order valence-corrected chi connectivity index (χ3v) is 5.22. The molecule has 3 heterocycles. The molecule has 0 saturated carbocycles.